The molecule has 3 rings (SSSR count). The third-order valence-electron chi connectivity index (χ3n) is 2.37. The zero-order valence-corrected chi connectivity index (χ0v) is 9.22. The first kappa shape index (κ1) is 10.4. The molecule has 0 spiro atoms. The van der Waals surface area contributed by atoms with E-state index in [0.717, 1.165) is 0 Å². The highest BCUT2D eigenvalue weighted by Gasteiger charge is 2.23. The second-order valence-corrected chi connectivity index (χ2v) is 3.54. The van der Waals surface area contributed by atoms with Gasteiger partial charge in [-0.15, -0.1) is 0 Å². The van der Waals surface area contributed by atoms with Gasteiger partial charge in [0, 0.05) is 12.4 Å². The first-order valence-electron chi connectivity index (χ1n) is 5.28. The van der Waals surface area contributed by atoms with E-state index in [2.05, 4.69) is 15.1 Å². The van der Waals surface area contributed by atoms with Crippen LogP contribution in [0, 0.1) is 5.21 Å². The van der Waals surface area contributed by atoms with Crippen molar-refractivity contribution in [3.8, 4) is 23.1 Å². The van der Waals surface area contributed by atoms with Gasteiger partial charge in [0.1, 0.15) is 0 Å². The summed E-state index contributed by atoms with van der Waals surface area (Å²) < 4.78 is 5.62. The Balaban J connectivity index is 2.09. The van der Waals surface area contributed by atoms with Crippen molar-refractivity contribution in [2.45, 2.75) is 0 Å². The van der Waals surface area contributed by atoms with Crippen molar-refractivity contribution in [3.63, 3.8) is 0 Å². The Morgan fingerprint density at radius 3 is 2.22 bits per heavy atom. The lowest BCUT2D eigenvalue weighted by Crippen LogP contribution is -2.29. The van der Waals surface area contributed by atoms with E-state index in [0.29, 0.717) is 16.1 Å². The van der Waals surface area contributed by atoms with Gasteiger partial charge in [0.25, 0.3) is 0 Å². The molecule has 88 valence electrons. The van der Waals surface area contributed by atoms with Crippen LogP contribution in [0.4, 0.5) is 0 Å². The van der Waals surface area contributed by atoms with Gasteiger partial charge in [-0.2, -0.15) is 4.73 Å². The normalized spacial score (nSPS) is 10.4. The number of aromatic nitrogens is 4. The van der Waals surface area contributed by atoms with E-state index in [1.165, 1.54) is 0 Å². The molecule has 0 aliphatic rings. The SMILES string of the molecule is [O-][n+]1c(-c2ccccn2)noc1-c1ccccn1. The molecule has 0 bridgehead atoms. The van der Waals surface area contributed by atoms with Gasteiger partial charge >= 0.3 is 11.7 Å². The molecule has 0 aromatic carbocycles. The van der Waals surface area contributed by atoms with Crippen LogP contribution in [0.1, 0.15) is 0 Å². The van der Waals surface area contributed by atoms with Gasteiger partial charge in [-0.3, -0.25) is 0 Å². The maximum absolute atomic E-state index is 12.1. The Hall–Kier alpha value is -2.76. The standard InChI is InChI=1S/C12H8N4O2/c17-16-11(9-5-1-3-7-13-9)15-18-12(16)10-6-2-4-8-14-10/h1-8H. The molecule has 0 unspecified atom stereocenters. The molecule has 6 nitrogen and oxygen atoms in total. The molecule has 0 N–H and O–H groups in total. The Labute approximate surface area is 102 Å². The second kappa shape index (κ2) is 4.25. The molecule has 0 fully saturated rings. The Morgan fingerprint density at radius 2 is 1.61 bits per heavy atom. The fraction of sp³-hybridized carbons (Fsp3) is 0. The largest absolute Gasteiger partial charge is 0.708 e. The monoisotopic (exact) mass is 240 g/mol. The number of hydrogen-bond donors (Lipinski definition) is 0. The van der Waals surface area contributed by atoms with Gasteiger partial charge in [0.2, 0.25) is 0 Å². The summed E-state index contributed by atoms with van der Waals surface area (Å²) in [6.07, 6.45) is 3.17. The highest BCUT2D eigenvalue weighted by atomic mass is 16.5. The summed E-state index contributed by atoms with van der Waals surface area (Å²) in [7, 11) is 0. The summed E-state index contributed by atoms with van der Waals surface area (Å²) in [5, 5.41) is 15.8. The lowest BCUT2D eigenvalue weighted by molar-refractivity contribution is -0.585. The van der Waals surface area contributed by atoms with Crippen LogP contribution in [-0.2, 0) is 0 Å². The van der Waals surface area contributed by atoms with Gasteiger partial charge in [-0.25, -0.2) is 14.5 Å². The topological polar surface area (TPSA) is 78.8 Å². The molecule has 0 aliphatic heterocycles. The zero-order valence-electron chi connectivity index (χ0n) is 9.22. The van der Waals surface area contributed by atoms with E-state index < -0.39 is 0 Å². The smallest absolute Gasteiger partial charge is 0.402 e. The van der Waals surface area contributed by atoms with Crippen LogP contribution in [-0.4, -0.2) is 15.1 Å². The van der Waals surface area contributed by atoms with Crippen molar-refractivity contribution in [2.24, 2.45) is 0 Å². The fourth-order valence-electron chi connectivity index (χ4n) is 1.54. The van der Waals surface area contributed by atoms with E-state index in [-0.39, 0.29) is 11.7 Å². The highest BCUT2D eigenvalue weighted by molar-refractivity contribution is 5.48. The molecule has 6 heteroatoms. The van der Waals surface area contributed by atoms with Crippen molar-refractivity contribution in [1.29, 1.82) is 0 Å². The molecule has 0 atom stereocenters. The molecule has 0 aliphatic carbocycles. The molecule has 18 heavy (non-hydrogen) atoms. The van der Waals surface area contributed by atoms with Crippen molar-refractivity contribution in [2.75, 3.05) is 0 Å². The third-order valence-corrected chi connectivity index (χ3v) is 2.37. The summed E-state index contributed by atoms with van der Waals surface area (Å²) in [4.78, 5) is 8.09. The minimum Gasteiger partial charge on any atom is -0.708 e. The number of nitrogens with zero attached hydrogens (tertiary/aromatic N) is 4. The zero-order chi connectivity index (χ0) is 12.4. The van der Waals surface area contributed by atoms with Crippen molar-refractivity contribution in [1.82, 2.24) is 15.1 Å². The fourth-order valence-corrected chi connectivity index (χ4v) is 1.54. The first-order valence-corrected chi connectivity index (χ1v) is 5.28. The van der Waals surface area contributed by atoms with Crippen LogP contribution < -0.4 is 4.73 Å². The predicted octanol–water partition coefficient (Wildman–Crippen LogP) is 1.43. The number of pyridine rings is 2. The van der Waals surface area contributed by atoms with Gasteiger partial charge in [-0.05, 0) is 24.3 Å². The number of hydrogen-bond acceptors (Lipinski definition) is 5. The lowest BCUT2D eigenvalue weighted by Gasteiger charge is -2.00. The van der Waals surface area contributed by atoms with Crippen LogP contribution in [0.3, 0.4) is 0 Å². The maximum Gasteiger partial charge on any atom is 0.402 e. The van der Waals surface area contributed by atoms with Crippen LogP contribution >= 0.6 is 0 Å². The van der Waals surface area contributed by atoms with Gasteiger partial charge < -0.3 is 5.21 Å². The van der Waals surface area contributed by atoms with Crippen LogP contribution in [0.5, 0.6) is 0 Å². The quantitative estimate of drug-likeness (QED) is 0.500. The molecule has 0 radical (unpaired) electrons. The molecule has 0 saturated carbocycles. The molecule has 0 saturated heterocycles. The average molecular weight is 240 g/mol. The van der Waals surface area contributed by atoms with Crippen molar-refractivity contribution in [3.05, 3.63) is 54.0 Å². The third kappa shape index (κ3) is 1.69. The molecule has 3 aromatic heterocycles. The Kier molecular flexibility index (Phi) is 2.45. The highest BCUT2D eigenvalue weighted by Crippen LogP contribution is 2.16. The maximum atomic E-state index is 12.1. The summed E-state index contributed by atoms with van der Waals surface area (Å²) in [5.41, 5.74) is 0.889. The van der Waals surface area contributed by atoms with Crippen LogP contribution in [0.15, 0.2) is 53.3 Å². The van der Waals surface area contributed by atoms with Crippen LogP contribution in [0.25, 0.3) is 23.1 Å². The molecule has 3 heterocycles. The van der Waals surface area contributed by atoms with E-state index in [1.54, 1.807) is 48.8 Å². The van der Waals surface area contributed by atoms with E-state index in [4.69, 9.17) is 4.52 Å². The Morgan fingerprint density at radius 1 is 0.944 bits per heavy atom. The van der Waals surface area contributed by atoms with Gasteiger partial charge in [0.05, 0.1) is 0 Å². The van der Waals surface area contributed by atoms with E-state index in [9.17, 15) is 5.21 Å². The Bertz CT molecular complexity index is 595. The minimum atomic E-state index is 0.0521. The summed E-state index contributed by atoms with van der Waals surface area (Å²) in [6, 6.07) is 10.4. The van der Waals surface area contributed by atoms with Crippen molar-refractivity contribution < 1.29 is 9.25 Å². The predicted molar refractivity (Wildman–Crippen MR) is 61.9 cm³/mol. The minimum absolute atomic E-state index is 0.0521. The van der Waals surface area contributed by atoms with Crippen LogP contribution in [0.2, 0.25) is 0 Å². The second-order valence-electron chi connectivity index (χ2n) is 3.54. The lowest BCUT2D eigenvalue weighted by atomic mass is 10.3. The molecular formula is C12H8N4O2. The summed E-state index contributed by atoms with van der Waals surface area (Å²) in [6.45, 7) is 0. The van der Waals surface area contributed by atoms with Gasteiger partial charge in [-0.1, -0.05) is 12.1 Å². The first-order chi connectivity index (χ1) is 8.86. The average Bonchev–Trinajstić information content (AvgIpc) is 2.83. The summed E-state index contributed by atoms with van der Waals surface area (Å²) >= 11 is 0. The number of rotatable bonds is 2. The molecule has 3 aromatic rings. The van der Waals surface area contributed by atoms with E-state index in [1.807, 2.05) is 0 Å². The molecule has 0 amide bonds. The molecular weight excluding hydrogens is 232 g/mol. The van der Waals surface area contributed by atoms with Crippen molar-refractivity contribution >= 4 is 0 Å². The summed E-state index contributed by atoms with van der Waals surface area (Å²) in [5.74, 6) is 0.174. The van der Waals surface area contributed by atoms with Gasteiger partial charge in [0.15, 0.2) is 16.5 Å². The van der Waals surface area contributed by atoms with E-state index >= 15 is 0 Å².